The van der Waals surface area contributed by atoms with E-state index in [1.807, 2.05) is 32.9 Å². The van der Waals surface area contributed by atoms with Crippen LogP contribution in [-0.2, 0) is 9.26 Å². The molecule has 2 rings (SSSR count). The lowest BCUT2D eigenvalue weighted by Crippen LogP contribution is -2.17. The molecule has 0 bridgehead atoms. The van der Waals surface area contributed by atoms with Gasteiger partial charge in [0.2, 0.25) is 5.52 Å². The Morgan fingerprint density at radius 1 is 0.893 bits per heavy atom. The number of methoxy groups -OCH3 is 3. The molecule has 0 spiro atoms. The molecule has 6 heteroatoms. The van der Waals surface area contributed by atoms with Gasteiger partial charge in [-0.1, -0.05) is 6.07 Å². The van der Waals surface area contributed by atoms with Gasteiger partial charge < -0.3 is 18.7 Å². The summed E-state index contributed by atoms with van der Waals surface area (Å²) in [6.45, 7) is 8.81. The van der Waals surface area contributed by atoms with Crippen LogP contribution in [0.5, 0.6) is 11.5 Å². The van der Waals surface area contributed by atoms with Gasteiger partial charge >= 0.3 is 0 Å². The van der Waals surface area contributed by atoms with Crippen molar-refractivity contribution in [1.82, 2.24) is 0 Å². The van der Waals surface area contributed by atoms with Crippen LogP contribution in [0, 0.1) is 27.7 Å². The number of hydrogen-bond acceptors (Lipinski definition) is 5. The molecule has 0 N–H and O–H groups in total. The molecule has 0 aliphatic heterocycles. The third kappa shape index (κ3) is 4.72. The molecule has 28 heavy (non-hydrogen) atoms. The number of ether oxygens (including phenoxy) is 3. The molecule has 0 aromatic heterocycles. The van der Waals surface area contributed by atoms with Gasteiger partial charge in [-0.05, 0) is 62.1 Å². The van der Waals surface area contributed by atoms with Crippen molar-refractivity contribution in [2.24, 2.45) is 0 Å². The fourth-order valence-electron chi connectivity index (χ4n) is 3.12. The minimum Gasteiger partial charge on any atom is -0.497 e. The average molecular weight is 404 g/mol. The summed E-state index contributed by atoms with van der Waals surface area (Å²) >= 11 is 0. The lowest BCUT2D eigenvalue weighted by molar-refractivity contribution is 0.105. The minimum absolute atomic E-state index is 0.0207. The quantitative estimate of drug-likeness (QED) is 0.456. The summed E-state index contributed by atoms with van der Waals surface area (Å²) in [7, 11) is 3.19. The Hall–Kier alpha value is -1.94. The SMILES string of the molecule is COCCOP(C(=O)c1c(C)cc(C)c(C)c1C)c1ccc(OC)cc1OC. The van der Waals surface area contributed by atoms with Gasteiger partial charge in [0, 0.05) is 18.7 Å². The number of carbonyl (C=O) groups is 1. The van der Waals surface area contributed by atoms with Crippen molar-refractivity contribution in [3.63, 3.8) is 0 Å². The molecule has 1 atom stereocenters. The standard InChI is InChI=1S/C22H29O5P/c1-14-12-15(2)21(17(4)16(14)3)22(23)28(27-11-10-24-5)20-9-8-18(25-6)13-19(20)26-7/h8-9,12-13H,10-11H2,1-7H3. The third-order valence-corrected chi connectivity index (χ3v) is 6.71. The van der Waals surface area contributed by atoms with Crippen molar-refractivity contribution in [3.05, 3.63) is 52.1 Å². The van der Waals surface area contributed by atoms with E-state index in [1.165, 1.54) is 5.56 Å². The summed E-state index contributed by atoms with van der Waals surface area (Å²) in [5.41, 5.74) is 4.97. The molecule has 2 aromatic carbocycles. The Morgan fingerprint density at radius 2 is 1.61 bits per heavy atom. The Labute approximate surface area is 168 Å². The maximum absolute atomic E-state index is 13.6. The van der Waals surface area contributed by atoms with Gasteiger partial charge in [-0.2, -0.15) is 0 Å². The summed E-state index contributed by atoms with van der Waals surface area (Å²) in [6.07, 6.45) is 0. The first-order valence-corrected chi connectivity index (χ1v) is 10.4. The maximum atomic E-state index is 13.6. The zero-order valence-electron chi connectivity index (χ0n) is 17.7. The number of rotatable bonds is 9. The Bertz CT molecular complexity index is 847. The van der Waals surface area contributed by atoms with E-state index in [0.717, 1.165) is 27.6 Å². The minimum atomic E-state index is -1.60. The van der Waals surface area contributed by atoms with Crippen LogP contribution in [-0.4, -0.2) is 40.1 Å². The van der Waals surface area contributed by atoms with Crippen LogP contribution in [0.1, 0.15) is 32.6 Å². The molecule has 1 unspecified atom stereocenters. The summed E-state index contributed by atoms with van der Waals surface area (Å²) in [5, 5.41) is 0.733. The molecule has 0 fully saturated rings. The normalized spacial score (nSPS) is 12.0. The Balaban J connectivity index is 2.56. The second-order valence-corrected chi connectivity index (χ2v) is 8.33. The predicted octanol–water partition coefficient (Wildman–Crippen LogP) is 4.46. The van der Waals surface area contributed by atoms with Crippen molar-refractivity contribution in [3.8, 4) is 11.5 Å². The van der Waals surface area contributed by atoms with Crippen LogP contribution >= 0.6 is 8.15 Å². The second kappa shape index (κ2) is 10.0. The summed E-state index contributed by atoms with van der Waals surface area (Å²) in [6, 6.07) is 7.50. The second-order valence-electron chi connectivity index (χ2n) is 6.60. The summed E-state index contributed by atoms with van der Waals surface area (Å²) in [5.74, 6) is 1.24. The third-order valence-electron chi connectivity index (χ3n) is 4.87. The monoisotopic (exact) mass is 404 g/mol. The van der Waals surface area contributed by atoms with E-state index in [0.29, 0.717) is 24.7 Å². The maximum Gasteiger partial charge on any atom is 0.216 e. The lowest BCUT2D eigenvalue weighted by atomic mass is 9.95. The topological polar surface area (TPSA) is 54.0 Å². The van der Waals surface area contributed by atoms with E-state index >= 15 is 0 Å². The molecule has 0 amide bonds. The first-order chi connectivity index (χ1) is 13.3. The van der Waals surface area contributed by atoms with Gasteiger partial charge in [0.15, 0.2) is 0 Å². The fourth-order valence-corrected chi connectivity index (χ4v) is 4.96. The molecule has 0 saturated heterocycles. The zero-order valence-corrected chi connectivity index (χ0v) is 18.6. The van der Waals surface area contributed by atoms with E-state index in [4.69, 9.17) is 18.7 Å². The molecule has 0 saturated carbocycles. The Kier molecular flexibility index (Phi) is 7.99. The highest BCUT2D eigenvalue weighted by atomic mass is 31.1. The average Bonchev–Trinajstić information content (AvgIpc) is 2.69. The lowest BCUT2D eigenvalue weighted by Gasteiger charge is -2.22. The Morgan fingerprint density at radius 3 is 2.21 bits per heavy atom. The summed E-state index contributed by atoms with van der Waals surface area (Å²) in [4.78, 5) is 13.6. The van der Waals surface area contributed by atoms with E-state index in [1.54, 1.807) is 27.4 Å². The smallest absolute Gasteiger partial charge is 0.216 e. The van der Waals surface area contributed by atoms with Crippen molar-refractivity contribution in [2.75, 3.05) is 34.5 Å². The molecule has 5 nitrogen and oxygen atoms in total. The van der Waals surface area contributed by atoms with Crippen LogP contribution in [0.4, 0.5) is 0 Å². The molecule has 0 aliphatic carbocycles. The number of benzene rings is 2. The highest BCUT2D eigenvalue weighted by Crippen LogP contribution is 2.45. The van der Waals surface area contributed by atoms with Crippen molar-refractivity contribution in [2.45, 2.75) is 27.7 Å². The van der Waals surface area contributed by atoms with Gasteiger partial charge in [0.25, 0.3) is 0 Å². The molecule has 152 valence electrons. The van der Waals surface area contributed by atoms with Crippen molar-refractivity contribution in [1.29, 1.82) is 0 Å². The van der Waals surface area contributed by atoms with Crippen molar-refractivity contribution < 1.29 is 23.5 Å². The first kappa shape index (κ1) is 22.4. The van der Waals surface area contributed by atoms with Gasteiger partial charge in [-0.3, -0.25) is 4.79 Å². The van der Waals surface area contributed by atoms with Crippen LogP contribution in [0.15, 0.2) is 24.3 Å². The number of hydrogen-bond donors (Lipinski definition) is 0. The van der Waals surface area contributed by atoms with Gasteiger partial charge in [-0.15, -0.1) is 0 Å². The van der Waals surface area contributed by atoms with Gasteiger partial charge in [-0.25, -0.2) is 0 Å². The van der Waals surface area contributed by atoms with Gasteiger partial charge in [0.05, 0.1) is 32.7 Å². The highest BCUT2D eigenvalue weighted by molar-refractivity contribution is 7.78. The van der Waals surface area contributed by atoms with E-state index < -0.39 is 8.15 Å². The van der Waals surface area contributed by atoms with Crippen molar-refractivity contribution >= 4 is 19.0 Å². The van der Waals surface area contributed by atoms with Crippen LogP contribution < -0.4 is 14.8 Å². The molecule has 2 aromatic rings. The van der Waals surface area contributed by atoms with E-state index in [2.05, 4.69) is 13.0 Å². The zero-order chi connectivity index (χ0) is 20.8. The van der Waals surface area contributed by atoms with Crippen LogP contribution in [0.3, 0.4) is 0 Å². The van der Waals surface area contributed by atoms with E-state index in [-0.39, 0.29) is 5.52 Å². The van der Waals surface area contributed by atoms with Crippen LogP contribution in [0.25, 0.3) is 0 Å². The number of carbonyl (C=O) groups excluding carboxylic acids is 1. The highest BCUT2D eigenvalue weighted by Gasteiger charge is 2.29. The number of aryl methyl sites for hydroxylation is 2. The largest absolute Gasteiger partial charge is 0.497 e. The van der Waals surface area contributed by atoms with E-state index in [9.17, 15) is 4.79 Å². The molecular weight excluding hydrogens is 375 g/mol. The molecular formula is C22H29O5P. The first-order valence-electron chi connectivity index (χ1n) is 9.11. The van der Waals surface area contributed by atoms with Gasteiger partial charge in [0.1, 0.15) is 19.6 Å². The van der Waals surface area contributed by atoms with Crippen LogP contribution in [0.2, 0.25) is 0 Å². The summed E-state index contributed by atoms with van der Waals surface area (Å²) < 4.78 is 22.0. The molecule has 0 radical (unpaired) electrons. The predicted molar refractivity (Wildman–Crippen MR) is 114 cm³/mol. The fraction of sp³-hybridized carbons (Fsp3) is 0.409. The molecule has 0 aliphatic rings. The molecule has 0 heterocycles.